The quantitative estimate of drug-likeness (QED) is 0.586. The number of ether oxygens (including phenoxy) is 1. The number of hydrogen-bond donors (Lipinski definition) is 3. The van der Waals surface area contributed by atoms with Crippen LogP contribution in [0.4, 0.5) is 4.79 Å². The van der Waals surface area contributed by atoms with Gasteiger partial charge in [0.05, 0.1) is 6.54 Å². The molecule has 0 aliphatic heterocycles. The second kappa shape index (κ2) is 10.5. The van der Waals surface area contributed by atoms with Crippen LogP contribution < -0.4 is 10.6 Å². The number of urea groups is 1. The van der Waals surface area contributed by atoms with Gasteiger partial charge in [-0.3, -0.25) is 4.79 Å². The number of carboxylic acids is 1. The second-order valence-corrected chi connectivity index (χ2v) is 6.95. The third-order valence-corrected chi connectivity index (χ3v) is 4.79. The number of hydrogen-bond acceptors (Lipinski definition) is 3. The number of nitrogens with one attached hydrogen (secondary N) is 2. The van der Waals surface area contributed by atoms with Gasteiger partial charge in [-0.05, 0) is 30.9 Å². The van der Waals surface area contributed by atoms with Crippen molar-refractivity contribution in [1.29, 1.82) is 0 Å². The van der Waals surface area contributed by atoms with E-state index in [0.29, 0.717) is 12.8 Å². The van der Waals surface area contributed by atoms with E-state index in [9.17, 15) is 9.59 Å². The minimum atomic E-state index is -0.878. The highest BCUT2D eigenvalue weighted by atomic mass is 16.5. The molecule has 2 rings (SSSR count). The molecule has 0 radical (unpaired) electrons. The van der Waals surface area contributed by atoms with Gasteiger partial charge in [-0.25, -0.2) is 4.79 Å². The van der Waals surface area contributed by atoms with Crippen molar-refractivity contribution in [3.05, 3.63) is 71.8 Å². The first-order chi connectivity index (χ1) is 13.4. The number of carbonyl (C=O) groups is 2. The fourth-order valence-corrected chi connectivity index (χ4v) is 2.99. The lowest BCUT2D eigenvalue weighted by Gasteiger charge is -2.29. The Labute approximate surface area is 165 Å². The Hall–Kier alpha value is -2.86. The van der Waals surface area contributed by atoms with Gasteiger partial charge in [-0.1, -0.05) is 60.7 Å². The predicted octanol–water partition coefficient (Wildman–Crippen LogP) is 3.32. The molecule has 0 heterocycles. The molecule has 0 aliphatic carbocycles. The standard InChI is InChI=1S/C22H28N2O4/c1-22(28-2,18-11-7-4-8-12-18)16-23-21(27)24-19(13-14-20(25)26)15-17-9-5-3-6-10-17/h3-12,19H,13-16H2,1-2H3,(H,25,26)(H2,23,24,27). The minimum absolute atomic E-state index is 0.00240. The van der Waals surface area contributed by atoms with Crippen LogP contribution in [0, 0.1) is 0 Å². The lowest BCUT2D eigenvalue weighted by atomic mass is 9.96. The highest BCUT2D eigenvalue weighted by Gasteiger charge is 2.27. The first-order valence-electron chi connectivity index (χ1n) is 9.33. The summed E-state index contributed by atoms with van der Waals surface area (Å²) in [5.41, 5.74) is 1.35. The molecule has 6 heteroatoms. The zero-order chi connectivity index (χ0) is 20.4. The monoisotopic (exact) mass is 384 g/mol. The van der Waals surface area contributed by atoms with E-state index >= 15 is 0 Å². The highest BCUT2D eigenvalue weighted by Crippen LogP contribution is 2.23. The van der Waals surface area contributed by atoms with Crippen molar-refractivity contribution in [2.75, 3.05) is 13.7 Å². The van der Waals surface area contributed by atoms with Crippen molar-refractivity contribution in [1.82, 2.24) is 10.6 Å². The number of rotatable bonds is 10. The largest absolute Gasteiger partial charge is 0.481 e. The van der Waals surface area contributed by atoms with Gasteiger partial charge in [-0.2, -0.15) is 0 Å². The Morgan fingerprint density at radius 3 is 2.25 bits per heavy atom. The summed E-state index contributed by atoms with van der Waals surface area (Å²) in [5, 5.41) is 14.7. The number of amides is 2. The third kappa shape index (κ3) is 6.70. The van der Waals surface area contributed by atoms with Crippen molar-refractivity contribution in [3.63, 3.8) is 0 Å². The van der Waals surface area contributed by atoms with Crippen molar-refractivity contribution < 1.29 is 19.4 Å². The summed E-state index contributed by atoms with van der Waals surface area (Å²) in [4.78, 5) is 23.4. The van der Waals surface area contributed by atoms with E-state index in [1.807, 2.05) is 67.6 Å². The Morgan fingerprint density at radius 1 is 1.07 bits per heavy atom. The maximum absolute atomic E-state index is 12.5. The number of methoxy groups -OCH3 is 1. The first kappa shape index (κ1) is 21.4. The van der Waals surface area contributed by atoms with Gasteiger partial charge in [0.1, 0.15) is 5.60 Å². The summed E-state index contributed by atoms with van der Waals surface area (Å²) in [6, 6.07) is 18.8. The van der Waals surface area contributed by atoms with E-state index < -0.39 is 11.6 Å². The maximum atomic E-state index is 12.5. The molecule has 0 aliphatic rings. The Kier molecular flexibility index (Phi) is 8.02. The zero-order valence-electron chi connectivity index (χ0n) is 16.4. The summed E-state index contributed by atoms with van der Waals surface area (Å²) in [7, 11) is 1.61. The minimum Gasteiger partial charge on any atom is -0.481 e. The molecule has 2 aromatic rings. The normalized spacial score (nSPS) is 13.9. The molecule has 2 atom stereocenters. The van der Waals surface area contributed by atoms with Gasteiger partial charge in [0.25, 0.3) is 0 Å². The van der Waals surface area contributed by atoms with Gasteiger partial charge in [0, 0.05) is 19.6 Å². The molecule has 2 unspecified atom stereocenters. The molecule has 0 aromatic heterocycles. The molecule has 0 bridgehead atoms. The molecule has 0 saturated carbocycles. The summed E-state index contributed by atoms with van der Waals surface area (Å²) >= 11 is 0. The molecule has 28 heavy (non-hydrogen) atoms. The smallest absolute Gasteiger partial charge is 0.315 e. The number of aliphatic carboxylic acids is 1. The molecule has 2 amide bonds. The van der Waals surface area contributed by atoms with Crippen LogP contribution in [0.5, 0.6) is 0 Å². The third-order valence-electron chi connectivity index (χ3n) is 4.79. The summed E-state index contributed by atoms with van der Waals surface area (Å²) in [6.07, 6.45) is 0.928. The average molecular weight is 384 g/mol. The van der Waals surface area contributed by atoms with E-state index in [1.165, 1.54) is 0 Å². The van der Waals surface area contributed by atoms with Gasteiger partial charge < -0.3 is 20.5 Å². The van der Waals surface area contributed by atoms with Gasteiger partial charge in [0.2, 0.25) is 0 Å². The van der Waals surface area contributed by atoms with Gasteiger partial charge in [-0.15, -0.1) is 0 Å². The van der Waals surface area contributed by atoms with Crippen molar-refractivity contribution in [3.8, 4) is 0 Å². The first-order valence-corrected chi connectivity index (χ1v) is 9.33. The van der Waals surface area contributed by atoms with Crippen molar-refractivity contribution >= 4 is 12.0 Å². The summed E-state index contributed by atoms with van der Waals surface area (Å²) < 4.78 is 5.63. The predicted molar refractivity (Wildman–Crippen MR) is 108 cm³/mol. The van der Waals surface area contributed by atoms with Crippen LogP contribution in [0.25, 0.3) is 0 Å². The fraction of sp³-hybridized carbons (Fsp3) is 0.364. The Balaban J connectivity index is 1.96. The number of carboxylic acid groups (broad SMARTS) is 1. The fourth-order valence-electron chi connectivity index (χ4n) is 2.99. The zero-order valence-corrected chi connectivity index (χ0v) is 16.4. The summed E-state index contributed by atoms with van der Waals surface area (Å²) in [6.45, 7) is 2.20. The maximum Gasteiger partial charge on any atom is 0.315 e. The molecular weight excluding hydrogens is 356 g/mol. The Morgan fingerprint density at radius 2 is 1.68 bits per heavy atom. The van der Waals surface area contributed by atoms with Gasteiger partial charge >= 0.3 is 12.0 Å². The van der Waals surface area contributed by atoms with Crippen LogP contribution in [0.2, 0.25) is 0 Å². The SMILES string of the molecule is COC(C)(CNC(=O)NC(CCC(=O)O)Cc1ccccc1)c1ccccc1. The average Bonchev–Trinajstić information content (AvgIpc) is 2.71. The van der Waals surface area contributed by atoms with Gasteiger partial charge in [0.15, 0.2) is 0 Å². The van der Waals surface area contributed by atoms with E-state index in [1.54, 1.807) is 7.11 Å². The molecule has 0 fully saturated rings. The van der Waals surface area contributed by atoms with E-state index in [4.69, 9.17) is 9.84 Å². The van der Waals surface area contributed by atoms with Crippen LogP contribution in [-0.2, 0) is 21.6 Å². The second-order valence-electron chi connectivity index (χ2n) is 6.95. The summed E-state index contributed by atoms with van der Waals surface area (Å²) in [5.74, 6) is -0.878. The van der Waals surface area contributed by atoms with Crippen LogP contribution in [-0.4, -0.2) is 36.8 Å². The molecule has 0 spiro atoms. The van der Waals surface area contributed by atoms with Crippen molar-refractivity contribution in [2.45, 2.75) is 37.8 Å². The molecule has 2 aromatic carbocycles. The molecule has 150 valence electrons. The van der Waals surface area contributed by atoms with E-state index in [0.717, 1.165) is 11.1 Å². The lowest BCUT2D eigenvalue weighted by Crippen LogP contribution is -2.48. The molecular formula is C22H28N2O4. The highest BCUT2D eigenvalue weighted by molar-refractivity contribution is 5.74. The lowest BCUT2D eigenvalue weighted by molar-refractivity contribution is -0.137. The van der Waals surface area contributed by atoms with Crippen LogP contribution in [0.3, 0.4) is 0 Å². The molecule has 0 saturated heterocycles. The van der Waals surface area contributed by atoms with Crippen LogP contribution >= 0.6 is 0 Å². The number of carbonyl (C=O) groups excluding carboxylic acids is 1. The van der Waals surface area contributed by atoms with E-state index in [-0.39, 0.29) is 25.0 Å². The number of benzene rings is 2. The van der Waals surface area contributed by atoms with Crippen molar-refractivity contribution in [2.24, 2.45) is 0 Å². The molecule has 3 N–H and O–H groups in total. The van der Waals surface area contributed by atoms with Crippen LogP contribution in [0.15, 0.2) is 60.7 Å². The molecule has 6 nitrogen and oxygen atoms in total. The Bertz CT molecular complexity index is 752. The topological polar surface area (TPSA) is 87.7 Å². The van der Waals surface area contributed by atoms with Crippen LogP contribution in [0.1, 0.15) is 30.9 Å². The van der Waals surface area contributed by atoms with E-state index in [2.05, 4.69) is 10.6 Å².